The Morgan fingerprint density at radius 3 is 2.53 bits per heavy atom. The highest BCUT2D eigenvalue weighted by Crippen LogP contribution is 2.28. The lowest BCUT2D eigenvalue weighted by atomic mass is 10.1. The maximum atomic E-state index is 12.4. The van der Waals surface area contributed by atoms with Crippen molar-refractivity contribution < 1.29 is 4.79 Å². The first-order valence-corrected chi connectivity index (χ1v) is 12.3. The molecule has 0 radical (unpaired) electrons. The van der Waals surface area contributed by atoms with E-state index in [4.69, 9.17) is 21.6 Å². The SMILES string of the molecule is O=C(NC1CC1)c1ccc(-c2cnc3c(NCc4cccc(Cl)c4)nc(-c4ccccc4)cn23)cc1. The van der Waals surface area contributed by atoms with Gasteiger partial charge in [0.05, 0.1) is 17.6 Å². The van der Waals surface area contributed by atoms with Gasteiger partial charge in [0.15, 0.2) is 11.5 Å². The number of fused-ring (bicyclic) bond motifs is 1. The standard InChI is InChI=1S/C29H24ClN5O/c30-23-8-4-5-19(15-23)16-31-27-28-32-17-26(35(28)18-25(34-27)20-6-2-1-3-7-20)21-9-11-22(12-10-21)29(36)33-24-13-14-24/h1-12,15,17-18,24H,13-14,16H2,(H,31,34)(H,33,36). The number of nitrogens with zero attached hydrogens (tertiary/aromatic N) is 3. The number of aromatic nitrogens is 3. The minimum Gasteiger partial charge on any atom is -0.363 e. The summed E-state index contributed by atoms with van der Waals surface area (Å²) in [6.45, 7) is 0.564. The smallest absolute Gasteiger partial charge is 0.251 e. The Kier molecular flexibility index (Phi) is 5.87. The molecule has 2 aromatic heterocycles. The second kappa shape index (κ2) is 9.47. The Bertz CT molecular complexity index is 1540. The highest BCUT2D eigenvalue weighted by molar-refractivity contribution is 6.30. The normalized spacial score (nSPS) is 13.0. The molecule has 178 valence electrons. The average Bonchev–Trinajstić information content (AvgIpc) is 3.62. The number of amides is 1. The van der Waals surface area contributed by atoms with E-state index in [1.807, 2.05) is 91.3 Å². The van der Waals surface area contributed by atoms with E-state index in [9.17, 15) is 4.79 Å². The van der Waals surface area contributed by atoms with Crippen LogP contribution in [-0.2, 0) is 6.54 Å². The lowest BCUT2D eigenvalue weighted by Gasteiger charge is -2.12. The topological polar surface area (TPSA) is 71.3 Å². The number of hydrogen-bond acceptors (Lipinski definition) is 4. The van der Waals surface area contributed by atoms with Crippen LogP contribution in [0.1, 0.15) is 28.8 Å². The minimum atomic E-state index is -0.0229. The predicted octanol–water partition coefficient (Wildman–Crippen LogP) is 6.22. The number of imidazole rings is 1. The van der Waals surface area contributed by atoms with Crippen LogP contribution in [0.25, 0.3) is 28.2 Å². The van der Waals surface area contributed by atoms with Crippen molar-refractivity contribution in [3.05, 3.63) is 107 Å². The third-order valence-corrected chi connectivity index (χ3v) is 6.50. The van der Waals surface area contributed by atoms with E-state index in [0.29, 0.717) is 29.0 Å². The number of halogens is 1. The fourth-order valence-electron chi connectivity index (χ4n) is 4.19. The van der Waals surface area contributed by atoms with E-state index < -0.39 is 0 Å². The van der Waals surface area contributed by atoms with Crippen molar-refractivity contribution in [1.82, 2.24) is 19.7 Å². The molecule has 2 heterocycles. The Morgan fingerprint density at radius 2 is 1.78 bits per heavy atom. The second-order valence-electron chi connectivity index (χ2n) is 8.99. The van der Waals surface area contributed by atoms with Crippen molar-refractivity contribution >= 4 is 29.0 Å². The molecule has 1 aliphatic rings. The fraction of sp³-hybridized carbons (Fsp3) is 0.138. The first-order valence-electron chi connectivity index (χ1n) is 12.0. The maximum absolute atomic E-state index is 12.4. The van der Waals surface area contributed by atoms with Gasteiger partial charge in [-0.05, 0) is 42.7 Å². The van der Waals surface area contributed by atoms with Crippen molar-refractivity contribution in [3.8, 4) is 22.5 Å². The number of carbonyl (C=O) groups excluding carboxylic acids is 1. The molecule has 5 aromatic rings. The number of rotatable bonds is 7. The largest absolute Gasteiger partial charge is 0.363 e. The highest BCUT2D eigenvalue weighted by Gasteiger charge is 2.23. The third-order valence-electron chi connectivity index (χ3n) is 6.27. The molecule has 1 aliphatic carbocycles. The van der Waals surface area contributed by atoms with Gasteiger partial charge in [-0.3, -0.25) is 9.20 Å². The zero-order valence-corrected chi connectivity index (χ0v) is 20.2. The van der Waals surface area contributed by atoms with Gasteiger partial charge in [0.2, 0.25) is 0 Å². The Balaban J connectivity index is 1.38. The number of benzene rings is 3. The Hall–Kier alpha value is -4.16. The monoisotopic (exact) mass is 493 g/mol. The van der Waals surface area contributed by atoms with E-state index in [0.717, 1.165) is 46.6 Å². The van der Waals surface area contributed by atoms with Crippen molar-refractivity contribution in [2.75, 3.05) is 5.32 Å². The van der Waals surface area contributed by atoms with E-state index in [2.05, 4.69) is 15.0 Å². The van der Waals surface area contributed by atoms with Gasteiger partial charge >= 0.3 is 0 Å². The lowest BCUT2D eigenvalue weighted by molar-refractivity contribution is 0.0951. The Labute approximate surface area is 214 Å². The van der Waals surface area contributed by atoms with Crippen LogP contribution in [0.15, 0.2) is 91.3 Å². The molecular formula is C29H24ClN5O. The molecule has 0 atom stereocenters. The van der Waals surface area contributed by atoms with Crippen LogP contribution in [-0.4, -0.2) is 26.3 Å². The number of carbonyl (C=O) groups is 1. The maximum Gasteiger partial charge on any atom is 0.251 e. The zero-order chi connectivity index (χ0) is 24.5. The molecule has 36 heavy (non-hydrogen) atoms. The first kappa shape index (κ1) is 22.3. The van der Waals surface area contributed by atoms with Crippen LogP contribution in [0.2, 0.25) is 5.02 Å². The zero-order valence-electron chi connectivity index (χ0n) is 19.5. The summed E-state index contributed by atoms with van der Waals surface area (Å²) in [7, 11) is 0. The molecule has 6 nitrogen and oxygen atoms in total. The molecule has 1 amide bonds. The molecule has 0 aliphatic heterocycles. The summed E-state index contributed by atoms with van der Waals surface area (Å²) < 4.78 is 2.05. The number of hydrogen-bond donors (Lipinski definition) is 2. The molecule has 1 fully saturated rings. The van der Waals surface area contributed by atoms with E-state index in [-0.39, 0.29) is 5.91 Å². The molecule has 0 spiro atoms. The minimum absolute atomic E-state index is 0.0229. The Morgan fingerprint density at radius 1 is 0.972 bits per heavy atom. The summed E-state index contributed by atoms with van der Waals surface area (Å²) in [6.07, 6.45) is 5.98. The third kappa shape index (κ3) is 4.68. The van der Waals surface area contributed by atoms with Crippen molar-refractivity contribution in [2.45, 2.75) is 25.4 Å². The highest BCUT2D eigenvalue weighted by atomic mass is 35.5. The second-order valence-corrected chi connectivity index (χ2v) is 9.42. The van der Waals surface area contributed by atoms with Gasteiger partial charge in [0.25, 0.3) is 5.91 Å². The van der Waals surface area contributed by atoms with Crippen LogP contribution in [0.4, 0.5) is 5.82 Å². The molecule has 6 rings (SSSR count). The number of anilines is 1. The summed E-state index contributed by atoms with van der Waals surface area (Å²) in [5.74, 6) is 0.660. The molecule has 0 unspecified atom stereocenters. The quantitative estimate of drug-likeness (QED) is 0.282. The summed E-state index contributed by atoms with van der Waals surface area (Å²) in [6, 6.07) is 25.8. The fourth-order valence-corrected chi connectivity index (χ4v) is 4.40. The van der Waals surface area contributed by atoms with Crippen molar-refractivity contribution in [1.29, 1.82) is 0 Å². The molecule has 2 N–H and O–H groups in total. The van der Waals surface area contributed by atoms with Gasteiger partial charge in [0.1, 0.15) is 0 Å². The van der Waals surface area contributed by atoms with Crippen LogP contribution >= 0.6 is 11.6 Å². The van der Waals surface area contributed by atoms with E-state index in [1.165, 1.54) is 0 Å². The van der Waals surface area contributed by atoms with Crippen molar-refractivity contribution in [2.24, 2.45) is 0 Å². The number of nitrogens with one attached hydrogen (secondary N) is 2. The molecule has 3 aromatic carbocycles. The summed E-state index contributed by atoms with van der Waals surface area (Å²) in [4.78, 5) is 22.0. The van der Waals surface area contributed by atoms with Crippen LogP contribution in [0, 0.1) is 0 Å². The molecule has 1 saturated carbocycles. The van der Waals surface area contributed by atoms with Crippen LogP contribution in [0.3, 0.4) is 0 Å². The van der Waals surface area contributed by atoms with Crippen molar-refractivity contribution in [3.63, 3.8) is 0 Å². The molecule has 0 saturated heterocycles. The van der Waals surface area contributed by atoms with Crippen LogP contribution < -0.4 is 10.6 Å². The average molecular weight is 494 g/mol. The molecule has 0 bridgehead atoms. The predicted molar refractivity (Wildman–Crippen MR) is 143 cm³/mol. The van der Waals surface area contributed by atoms with E-state index >= 15 is 0 Å². The van der Waals surface area contributed by atoms with Crippen LogP contribution in [0.5, 0.6) is 0 Å². The van der Waals surface area contributed by atoms with Gasteiger partial charge in [0, 0.05) is 40.5 Å². The van der Waals surface area contributed by atoms with Gasteiger partial charge in [-0.15, -0.1) is 0 Å². The molecular weight excluding hydrogens is 470 g/mol. The lowest BCUT2D eigenvalue weighted by Crippen LogP contribution is -2.25. The van der Waals surface area contributed by atoms with Gasteiger partial charge in [-0.25, -0.2) is 9.97 Å². The summed E-state index contributed by atoms with van der Waals surface area (Å²) in [5, 5.41) is 7.18. The summed E-state index contributed by atoms with van der Waals surface area (Å²) >= 11 is 6.17. The van der Waals surface area contributed by atoms with Gasteiger partial charge in [-0.1, -0.05) is 66.2 Å². The van der Waals surface area contributed by atoms with Gasteiger partial charge in [-0.2, -0.15) is 0 Å². The first-order chi connectivity index (χ1) is 17.6. The van der Waals surface area contributed by atoms with Gasteiger partial charge < -0.3 is 10.6 Å². The summed E-state index contributed by atoms with van der Waals surface area (Å²) in [5.41, 5.74) is 6.17. The molecule has 7 heteroatoms. The van der Waals surface area contributed by atoms with E-state index in [1.54, 1.807) is 0 Å².